The number of fused-ring (bicyclic) bond motifs is 2. The Morgan fingerprint density at radius 1 is 0.957 bits per heavy atom. The van der Waals surface area contributed by atoms with Gasteiger partial charge in [0.1, 0.15) is 23.9 Å². The summed E-state index contributed by atoms with van der Waals surface area (Å²) in [4.78, 5) is 41.6. The molecule has 3 aliphatic heterocycles. The average molecular weight is 623 g/mol. The highest BCUT2D eigenvalue weighted by Crippen LogP contribution is 2.45. The van der Waals surface area contributed by atoms with Crippen LogP contribution in [0.3, 0.4) is 0 Å². The maximum absolute atomic E-state index is 14.1. The highest BCUT2D eigenvalue weighted by Gasteiger charge is 2.55. The topological polar surface area (TPSA) is 116 Å². The first-order valence-electron chi connectivity index (χ1n) is 15.1. The molecule has 3 heterocycles. The first kappa shape index (κ1) is 29.3. The summed E-state index contributed by atoms with van der Waals surface area (Å²) in [6, 6.07) is 18.0. The molecule has 4 atom stereocenters. The first-order valence-corrected chi connectivity index (χ1v) is 15.1. The first-order chi connectivity index (χ1) is 22.4. The molecule has 234 valence electrons. The van der Waals surface area contributed by atoms with Crippen molar-refractivity contribution in [3.63, 3.8) is 0 Å². The zero-order valence-electron chi connectivity index (χ0n) is 25.2. The number of ether oxygens (including phenoxy) is 2. The van der Waals surface area contributed by atoms with Crippen molar-refractivity contribution in [1.29, 1.82) is 0 Å². The molecule has 3 aromatic carbocycles. The van der Waals surface area contributed by atoms with E-state index in [-0.39, 0.29) is 18.2 Å². The lowest BCUT2D eigenvalue weighted by molar-refractivity contribution is -0.136. The van der Waals surface area contributed by atoms with Crippen molar-refractivity contribution in [2.75, 3.05) is 25.7 Å². The van der Waals surface area contributed by atoms with E-state index >= 15 is 0 Å². The van der Waals surface area contributed by atoms with Crippen LogP contribution in [0.15, 0.2) is 93.8 Å². The van der Waals surface area contributed by atoms with Gasteiger partial charge in [0.15, 0.2) is 12.1 Å². The normalized spacial score (nSPS) is 24.4. The molecule has 0 spiro atoms. The number of halogens is 1. The summed E-state index contributed by atoms with van der Waals surface area (Å²) in [7, 11) is 3.23. The number of amides is 3. The van der Waals surface area contributed by atoms with Crippen molar-refractivity contribution in [3.05, 3.63) is 95.3 Å². The molecular formula is C34H31FN6O5. The van der Waals surface area contributed by atoms with Gasteiger partial charge in [-0.25, -0.2) is 14.3 Å². The van der Waals surface area contributed by atoms with Crippen LogP contribution in [0.25, 0.3) is 6.08 Å². The molecule has 12 heteroatoms. The predicted molar refractivity (Wildman–Crippen MR) is 166 cm³/mol. The molecule has 3 aromatic rings. The molecule has 0 radical (unpaired) electrons. The highest BCUT2D eigenvalue weighted by atomic mass is 19.1. The predicted octanol–water partition coefficient (Wildman–Crippen LogP) is 4.96. The largest absolute Gasteiger partial charge is 0.497 e. The summed E-state index contributed by atoms with van der Waals surface area (Å²) >= 11 is 0. The maximum atomic E-state index is 14.1. The summed E-state index contributed by atoms with van der Waals surface area (Å²) in [6.45, 7) is -0.325. The lowest BCUT2D eigenvalue weighted by Crippen LogP contribution is -2.45. The molecule has 4 aliphatic rings. The number of anilines is 1. The molecule has 2 fully saturated rings. The van der Waals surface area contributed by atoms with Gasteiger partial charge in [0.25, 0.3) is 17.7 Å². The SMILES string of the molecule is COc1ccc(/C=C2\CCC[C@@H]3C2=NN(C(=O)CN2N=N[C@@H]4C(=O)N(c5cccc(F)c5)C(=O)[C@@H]42)[C@@H]3c2ccc(OC)cc2)cc1. The monoisotopic (exact) mass is 622 g/mol. The zero-order valence-corrected chi connectivity index (χ0v) is 25.2. The van der Waals surface area contributed by atoms with E-state index in [2.05, 4.69) is 16.4 Å². The second kappa shape index (κ2) is 11.8. The second-order valence-corrected chi connectivity index (χ2v) is 11.6. The van der Waals surface area contributed by atoms with Crippen molar-refractivity contribution in [3.8, 4) is 11.5 Å². The molecule has 11 nitrogen and oxygen atoms in total. The number of methoxy groups -OCH3 is 2. The lowest BCUT2D eigenvalue weighted by Gasteiger charge is -2.30. The van der Waals surface area contributed by atoms with Gasteiger partial charge in [-0.1, -0.05) is 35.6 Å². The standard InChI is InChI=1S/C34H31FN6O5/c1-45-25-13-9-20(10-14-25)17-22-5-3-8-27-29(22)37-41(31(27)21-11-15-26(46-2)16-12-21)28(42)19-39-32-30(36-38-39)33(43)40(34(32)44)24-7-4-6-23(35)18-24/h4,6-7,9-18,27,30-32H,3,5,8,19H2,1-2H3/b22-17+/t27-,30+,31-,32-/m1/s1. The number of allylic oxidation sites excluding steroid dienone is 1. The van der Waals surface area contributed by atoms with Crippen molar-refractivity contribution in [1.82, 2.24) is 10.0 Å². The molecule has 7 rings (SSSR count). The number of hydrazone groups is 1. The molecule has 0 N–H and O–H groups in total. The summed E-state index contributed by atoms with van der Waals surface area (Å²) in [5.41, 5.74) is 3.91. The van der Waals surface area contributed by atoms with E-state index in [4.69, 9.17) is 14.6 Å². The van der Waals surface area contributed by atoms with E-state index in [0.29, 0.717) is 5.75 Å². The fraction of sp³-hybridized carbons (Fsp3) is 0.294. The van der Waals surface area contributed by atoms with Gasteiger partial charge in [-0.3, -0.25) is 19.4 Å². The van der Waals surface area contributed by atoms with Crippen LogP contribution in [-0.4, -0.2) is 66.3 Å². The van der Waals surface area contributed by atoms with Crippen LogP contribution in [0.4, 0.5) is 10.1 Å². The third-order valence-electron chi connectivity index (χ3n) is 8.89. The quantitative estimate of drug-likeness (QED) is 0.344. The molecular weight excluding hydrogens is 591 g/mol. The van der Waals surface area contributed by atoms with Crippen molar-refractivity contribution in [2.24, 2.45) is 21.4 Å². The molecule has 1 saturated heterocycles. The molecule has 1 aliphatic carbocycles. The number of hydrogen-bond acceptors (Lipinski definition) is 9. The number of benzene rings is 3. The molecule has 46 heavy (non-hydrogen) atoms. The molecule has 1 saturated carbocycles. The number of nitrogens with zero attached hydrogens (tertiary/aromatic N) is 6. The lowest BCUT2D eigenvalue weighted by atomic mass is 9.77. The van der Waals surface area contributed by atoms with Gasteiger partial charge in [-0.2, -0.15) is 10.2 Å². The minimum absolute atomic E-state index is 0.0540. The Bertz CT molecular complexity index is 1790. The average Bonchev–Trinajstić information content (AvgIpc) is 3.74. The molecule has 0 bridgehead atoms. The Hall–Kier alpha value is -5.39. The van der Waals surface area contributed by atoms with Crippen LogP contribution in [-0.2, 0) is 14.4 Å². The van der Waals surface area contributed by atoms with Crippen LogP contribution in [0.2, 0.25) is 0 Å². The van der Waals surface area contributed by atoms with Crippen molar-refractivity contribution < 1.29 is 28.2 Å². The number of hydrogen-bond donors (Lipinski definition) is 0. The minimum atomic E-state index is -1.12. The van der Waals surface area contributed by atoms with Gasteiger partial charge in [0.05, 0.1) is 31.7 Å². The van der Waals surface area contributed by atoms with Gasteiger partial charge >= 0.3 is 0 Å². The smallest absolute Gasteiger partial charge is 0.264 e. The van der Waals surface area contributed by atoms with E-state index in [0.717, 1.165) is 58.4 Å². The van der Waals surface area contributed by atoms with Gasteiger partial charge in [0, 0.05) is 5.92 Å². The van der Waals surface area contributed by atoms with Gasteiger partial charge in [-0.05, 0) is 84.5 Å². The fourth-order valence-corrected chi connectivity index (χ4v) is 6.68. The van der Waals surface area contributed by atoms with E-state index < -0.39 is 41.7 Å². The molecule has 3 amide bonds. The number of carbonyl (C=O) groups excluding carboxylic acids is 3. The summed E-state index contributed by atoms with van der Waals surface area (Å²) < 4.78 is 24.6. The third kappa shape index (κ3) is 5.09. The Morgan fingerprint density at radius 2 is 1.67 bits per heavy atom. The minimum Gasteiger partial charge on any atom is -0.497 e. The molecule has 0 unspecified atom stereocenters. The second-order valence-electron chi connectivity index (χ2n) is 11.6. The van der Waals surface area contributed by atoms with Gasteiger partial charge < -0.3 is 9.47 Å². The van der Waals surface area contributed by atoms with Crippen molar-refractivity contribution >= 4 is 35.2 Å². The van der Waals surface area contributed by atoms with Gasteiger partial charge in [-0.15, -0.1) is 0 Å². The van der Waals surface area contributed by atoms with E-state index in [9.17, 15) is 18.8 Å². The summed E-state index contributed by atoms with van der Waals surface area (Å²) in [6.07, 6.45) is 4.68. The summed E-state index contributed by atoms with van der Waals surface area (Å²) in [5.74, 6) is -0.797. The number of carbonyl (C=O) groups is 3. The zero-order chi connectivity index (χ0) is 31.9. The van der Waals surface area contributed by atoms with Gasteiger partial charge in [0.2, 0.25) is 0 Å². The fourth-order valence-electron chi connectivity index (χ4n) is 6.68. The Kier molecular flexibility index (Phi) is 7.55. The Morgan fingerprint density at radius 3 is 2.37 bits per heavy atom. The molecule has 0 aromatic heterocycles. The maximum Gasteiger partial charge on any atom is 0.264 e. The highest BCUT2D eigenvalue weighted by molar-refractivity contribution is 6.25. The van der Waals surface area contributed by atoms with Crippen LogP contribution in [0.5, 0.6) is 11.5 Å². The Labute approximate surface area is 264 Å². The van der Waals surface area contributed by atoms with Crippen molar-refractivity contribution in [2.45, 2.75) is 37.4 Å². The number of rotatable bonds is 7. The number of imide groups is 1. The van der Waals surface area contributed by atoms with E-state index in [1.54, 1.807) is 14.2 Å². The van der Waals surface area contributed by atoms with E-state index in [1.165, 1.54) is 28.2 Å². The van der Waals surface area contributed by atoms with Crippen LogP contribution < -0.4 is 14.4 Å². The van der Waals surface area contributed by atoms with Crippen LogP contribution >= 0.6 is 0 Å². The van der Waals surface area contributed by atoms with Crippen LogP contribution in [0.1, 0.15) is 36.4 Å². The Balaban J connectivity index is 1.19. The summed E-state index contributed by atoms with van der Waals surface area (Å²) in [5, 5.41) is 15.8. The van der Waals surface area contributed by atoms with E-state index in [1.807, 2.05) is 48.5 Å². The third-order valence-corrected chi connectivity index (χ3v) is 8.89. The van der Waals surface area contributed by atoms with Crippen LogP contribution in [0, 0.1) is 11.7 Å².